The van der Waals surface area contributed by atoms with Crippen LogP contribution in [0.5, 0.6) is 0 Å². The fourth-order valence-electron chi connectivity index (χ4n) is 4.83. The van der Waals surface area contributed by atoms with E-state index in [2.05, 4.69) is 59.5 Å². The van der Waals surface area contributed by atoms with Crippen LogP contribution in [0.2, 0.25) is 0 Å². The number of likely N-dealkylation sites (tertiary alicyclic amines) is 2. The number of piperidine rings is 1. The number of aromatic nitrogens is 1. The van der Waals surface area contributed by atoms with E-state index in [0.29, 0.717) is 11.0 Å². The number of hydrogen-bond donors (Lipinski definition) is 0. The summed E-state index contributed by atoms with van der Waals surface area (Å²) in [5, 5.41) is 0. The Labute approximate surface area is 153 Å². The minimum Gasteiger partial charge on any atom is -0.357 e. The summed E-state index contributed by atoms with van der Waals surface area (Å²) in [5.74, 6) is 2.03. The Hall–Kier alpha value is -1.13. The van der Waals surface area contributed by atoms with Crippen LogP contribution in [-0.2, 0) is 0 Å². The van der Waals surface area contributed by atoms with Crippen LogP contribution in [0.4, 0.5) is 5.82 Å². The highest BCUT2D eigenvalue weighted by molar-refractivity contribution is 5.39. The molecule has 4 heteroatoms. The van der Waals surface area contributed by atoms with Crippen molar-refractivity contribution in [1.29, 1.82) is 0 Å². The van der Waals surface area contributed by atoms with Crippen molar-refractivity contribution in [3.05, 3.63) is 23.9 Å². The van der Waals surface area contributed by atoms with Crippen molar-refractivity contribution in [3.63, 3.8) is 0 Å². The van der Waals surface area contributed by atoms with Gasteiger partial charge >= 0.3 is 0 Å². The zero-order chi connectivity index (χ0) is 17.7. The predicted octanol–water partition coefficient (Wildman–Crippen LogP) is 3.02. The molecule has 0 amide bonds. The average Bonchev–Trinajstić information content (AvgIpc) is 2.48. The number of anilines is 1. The Morgan fingerprint density at radius 1 is 1.08 bits per heavy atom. The molecule has 3 saturated heterocycles. The van der Waals surface area contributed by atoms with Gasteiger partial charge in [0, 0.05) is 63.0 Å². The standard InChI is InChI=1S/C21H34N4/c1-17-5-6-19(22-11-17)24-9-7-18(8-10-24)12-23-13-21(14-23)15-25(16-21)20(2,3)4/h5-6,11,18H,7-10,12-16H2,1-4H3. The van der Waals surface area contributed by atoms with E-state index in [0.717, 1.165) is 24.8 Å². The molecule has 0 aromatic carbocycles. The second kappa shape index (κ2) is 6.24. The molecule has 0 bridgehead atoms. The molecule has 3 fully saturated rings. The van der Waals surface area contributed by atoms with Gasteiger partial charge in [0.2, 0.25) is 0 Å². The quantitative estimate of drug-likeness (QED) is 0.842. The first-order chi connectivity index (χ1) is 11.8. The molecule has 3 aliphatic rings. The van der Waals surface area contributed by atoms with E-state index in [9.17, 15) is 0 Å². The van der Waals surface area contributed by atoms with Crippen molar-refractivity contribution in [1.82, 2.24) is 14.8 Å². The third-order valence-electron chi connectivity index (χ3n) is 6.47. The summed E-state index contributed by atoms with van der Waals surface area (Å²) in [7, 11) is 0. The largest absolute Gasteiger partial charge is 0.357 e. The van der Waals surface area contributed by atoms with Gasteiger partial charge in [-0.1, -0.05) is 6.07 Å². The molecule has 4 nitrogen and oxygen atoms in total. The topological polar surface area (TPSA) is 22.6 Å². The number of rotatable bonds is 3. The Morgan fingerprint density at radius 3 is 2.32 bits per heavy atom. The molecule has 138 valence electrons. The van der Waals surface area contributed by atoms with Crippen molar-refractivity contribution in [2.24, 2.45) is 11.3 Å². The van der Waals surface area contributed by atoms with Crippen LogP contribution in [0.1, 0.15) is 39.2 Å². The van der Waals surface area contributed by atoms with Crippen molar-refractivity contribution in [3.8, 4) is 0 Å². The fourth-order valence-corrected chi connectivity index (χ4v) is 4.83. The minimum atomic E-state index is 0.350. The maximum atomic E-state index is 4.59. The summed E-state index contributed by atoms with van der Waals surface area (Å²) >= 11 is 0. The lowest BCUT2D eigenvalue weighted by Crippen LogP contribution is -2.75. The minimum absolute atomic E-state index is 0.350. The van der Waals surface area contributed by atoms with Crippen LogP contribution in [-0.4, -0.2) is 66.1 Å². The molecule has 1 aromatic heterocycles. The lowest BCUT2D eigenvalue weighted by Gasteiger charge is -2.64. The molecule has 1 spiro atoms. The first kappa shape index (κ1) is 17.3. The maximum Gasteiger partial charge on any atom is 0.128 e. The van der Waals surface area contributed by atoms with Crippen molar-refractivity contribution in [2.45, 2.75) is 46.1 Å². The van der Waals surface area contributed by atoms with Gasteiger partial charge in [0.15, 0.2) is 0 Å². The van der Waals surface area contributed by atoms with E-state index in [1.165, 1.54) is 51.1 Å². The molecule has 4 heterocycles. The van der Waals surface area contributed by atoms with Crippen molar-refractivity contribution >= 4 is 5.82 Å². The summed E-state index contributed by atoms with van der Waals surface area (Å²) in [6.45, 7) is 18.0. The van der Waals surface area contributed by atoms with Gasteiger partial charge in [-0.2, -0.15) is 0 Å². The third-order valence-corrected chi connectivity index (χ3v) is 6.47. The second-order valence-corrected chi connectivity index (χ2v) is 9.82. The van der Waals surface area contributed by atoms with Gasteiger partial charge in [0.05, 0.1) is 0 Å². The van der Waals surface area contributed by atoms with Crippen LogP contribution in [0.25, 0.3) is 0 Å². The highest BCUT2D eigenvalue weighted by atomic mass is 15.3. The van der Waals surface area contributed by atoms with Gasteiger partial charge in [-0.05, 0) is 58.1 Å². The summed E-state index contributed by atoms with van der Waals surface area (Å²) < 4.78 is 0. The second-order valence-electron chi connectivity index (χ2n) is 9.82. The lowest BCUT2D eigenvalue weighted by molar-refractivity contribution is -0.147. The molecule has 25 heavy (non-hydrogen) atoms. The Morgan fingerprint density at radius 2 is 1.76 bits per heavy atom. The molecular formula is C21H34N4. The molecule has 0 saturated carbocycles. The van der Waals surface area contributed by atoms with Gasteiger partial charge < -0.3 is 9.80 Å². The zero-order valence-corrected chi connectivity index (χ0v) is 16.5. The number of nitrogens with zero attached hydrogens (tertiary/aromatic N) is 4. The van der Waals surface area contributed by atoms with Crippen LogP contribution in [0.15, 0.2) is 18.3 Å². The SMILES string of the molecule is Cc1ccc(N2CCC(CN3CC4(C3)CN(C(C)(C)C)C4)CC2)nc1. The van der Waals surface area contributed by atoms with Crippen LogP contribution in [0.3, 0.4) is 0 Å². The Bertz CT molecular complexity index is 581. The number of hydrogen-bond acceptors (Lipinski definition) is 4. The van der Waals surface area contributed by atoms with Gasteiger partial charge in [0.25, 0.3) is 0 Å². The van der Waals surface area contributed by atoms with E-state index in [1.54, 1.807) is 0 Å². The molecule has 4 rings (SSSR count). The van der Waals surface area contributed by atoms with Crippen molar-refractivity contribution in [2.75, 3.05) is 50.7 Å². The van der Waals surface area contributed by atoms with Gasteiger partial charge in [-0.25, -0.2) is 4.98 Å². The van der Waals surface area contributed by atoms with Crippen LogP contribution in [0, 0.1) is 18.3 Å². The first-order valence-corrected chi connectivity index (χ1v) is 9.98. The molecule has 1 aromatic rings. The molecule has 0 N–H and O–H groups in total. The normalized spacial score (nSPS) is 25.0. The molecule has 0 atom stereocenters. The van der Waals surface area contributed by atoms with E-state index in [1.807, 2.05) is 6.20 Å². The average molecular weight is 343 g/mol. The smallest absolute Gasteiger partial charge is 0.128 e. The van der Waals surface area contributed by atoms with E-state index >= 15 is 0 Å². The predicted molar refractivity (Wildman–Crippen MR) is 104 cm³/mol. The third kappa shape index (κ3) is 3.56. The van der Waals surface area contributed by atoms with E-state index in [4.69, 9.17) is 0 Å². The summed E-state index contributed by atoms with van der Waals surface area (Å²) in [5.41, 5.74) is 2.23. The summed E-state index contributed by atoms with van der Waals surface area (Å²) in [6, 6.07) is 4.35. The summed E-state index contributed by atoms with van der Waals surface area (Å²) in [6.07, 6.45) is 4.61. The van der Waals surface area contributed by atoms with Gasteiger partial charge in [-0.3, -0.25) is 4.90 Å². The Kier molecular flexibility index (Phi) is 4.32. The molecule has 0 aliphatic carbocycles. The van der Waals surface area contributed by atoms with Crippen LogP contribution < -0.4 is 4.90 Å². The first-order valence-electron chi connectivity index (χ1n) is 9.98. The lowest BCUT2D eigenvalue weighted by atomic mass is 9.70. The zero-order valence-electron chi connectivity index (χ0n) is 16.5. The fraction of sp³-hybridized carbons (Fsp3) is 0.762. The number of aryl methyl sites for hydroxylation is 1. The highest BCUT2D eigenvalue weighted by Gasteiger charge is 2.53. The molecule has 3 aliphatic heterocycles. The maximum absolute atomic E-state index is 4.59. The van der Waals surface area contributed by atoms with Gasteiger partial charge in [-0.15, -0.1) is 0 Å². The van der Waals surface area contributed by atoms with E-state index in [-0.39, 0.29) is 0 Å². The van der Waals surface area contributed by atoms with Gasteiger partial charge in [0.1, 0.15) is 5.82 Å². The van der Waals surface area contributed by atoms with Crippen molar-refractivity contribution < 1.29 is 0 Å². The Balaban J connectivity index is 1.19. The summed E-state index contributed by atoms with van der Waals surface area (Å²) in [4.78, 5) is 12.4. The molecule has 0 unspecified atom stereocenters. The monoisotopic (exact) mass is 342 g/mol. The number of pyridine rings is 1. The molecule has 0 radical (unpaired) electrons. The highest BCUT2D eigenvalue weighted by Crippen LogP contribution is 2.43. The van der Waals surface area contributed by atoms with E-state index < -0.39 is 0 Å². The van der Waals surface area contributed by atoms with Crippen LogP contribution >= 0.6 is 0 Å². The molecular weight excluding hydrogens is 308 g/mol.